The molecule has 1 heterocycles. The molecule has 0 aliphatic heterocycles. The van der Waals surface area contributed by atoms with Crippen molar-refractivity contribution in [3.05, 3.63) is 59.0 Å². The summed E-state index contributed by atoms with van der Waals surface area (Å²) in [5, 5.41) is 4.40. The minimum absolute atomic E-state index is 0.649. The summed E-state index contributed by atoms with van der Waals surface area (Å²) in [6, 6.07) is 12.9. The van der Waals surface area contributed by atoms with Gasteiger partial charge in [0.1, 0.15) is 5.76 Å². The fraction of sp³-hybridized carbons (Fsp3) is 0.375. The average molecular weight is 276 g/mol. The van der Waals surface area contributed by atoms with Gasteiger partial charge < -0.3 is 9.73 Å². The molecule has 1 aliphatic rings. The first-order chi connectivity index (χ1) is 9.31. The molecule has 100 valence electrons. The van der Waals surface area contributed by atoms with Crippen LogP contribution in [0.4, 0.5) is 0 Å². The Labute approximate surface area is 118 Å². The van der Waals surface area contributed by atoms with Crippen molar-refractivity contribution in [1.82, 2.24) is 5.32 Å². The highest BCUT2D eigenvalue weighted by atomic mass is 35.5. The molecule has 1 aliphatic carbocycles. The maximum absolute atomic E-state index is 5.90. The molecule has 0 amide bonds. The van der Waals surface area contributed by atoms with Gasteiger partial charge in [0.25, 0.3) is 0 Å². The van der Waals surface area contributed by atoms with Gasteiger partial charge in [0.05, 0.1) is 6.26 Å². The molecular weight excluding hydrogens is 258 g/mol. The van der Waals surface area contributed by atoms with Crippen LogP contribution < -0.4 is 5.32 Å². The third-order valence-electron chi connectivity index (χ3n) is 3.86. The van der Waals surface area contributed by atoms with Crippen LogP contribution in [0.5, 0.6) is 0 Å². The highest BCUT2D eigenvalue weighted by Crippen LogP contribution is 2.37. The van der Waals surface area contributed by atoms with Crippen LogP contribution in [0.2, 0.25) is 5.02 Å². The Bertz CT molecular complexity index is 500. The summed E-state index contributed by atoms with van der Waals surface area (Å²) in [5.74, 6) is 1.75. The molecule has 1 N–H and O–H groups in total. The fourth-order valence-electron chi connectivity index (χ4n) is 2.65. The van der Waals surface area contributed by atoms with Crippen LogP contribution in [0.3, 0.4) is 0 Å². The summed E-state index contributed by atoms with van der Waals surface area (Å²) in [5.41, 5.74) is 1.41. The summed E-state index contributed by atoms with van der Waals surface area (Å²) < 4.78 is 5.32. The van der Waals surface area contributed by atoms with Crippen molar-refractivity contribution < 1.29 is 4.42 Å². The number of furan rings is 1. The van der Waals surface area contributed by atoms with Crippen molar-refractivity contribution in [1.29, 1.82) is 0 Å². The molecule has 0 saturated heterocycles. The second kappa shape index (κ2) is 5.81. The summed E-state index contributed by atoms with van der Waals surface area (Å²) in [6.07, 6.45) is 5.14. The van der Waals surface area contributed by atoms with Crippen LogP contribution in [-0.2, 0) is 6.42 Å². The highest BCUT2D eigenvalue weighted by molar-refractivity contribution is 6.30. The van der Waals surface area contributed by atoms with Crippen LogP contribution in [-0.4, -0.2) is 12.6 Å². The van der Waals surface area contributed by atoms with Crippen molar-refractivity contribution in [2.24, 2.45) is 0 Å². The molecule has 1 saturated carbocycles. The number of benzene rings is 1. The molecule has 2 nitrogen and oxygen atoms in total. The van der Waals surface area contributed by atoms with Gasteiger partial charge in [0.15, 0.2) is 0 Å². The lowest BCUT2D eigenvalue weighted by Gasteiger charge is -2.36. The van der Waals surface area contributed by atoms with Crippen LogP contribution in [0.1, 0.15) is 30.1 Å². The Morgan fingerprint density at radius 1 is 1.16 bits per heavy atom. The van der Waals surface area contributed by atoms with Crippen LogP contribution in [0.15, 0.2) is 47.1 Å². The molecule has 0 bridgehead atoms. The van der Waals surface area contributed by atoms with E-state index in [9.17, 15) is 0 Å². The second-order valence-electron chi connectivity index (χ2n) is 5.20. The van der Waals surface area contributed by atoms with Crippen LogP contribution in [0.25, 0.3) is 0 Å². The van der Waals surface area contributed by atoms with Gasteiger partial charge in [0.2, 0.25) is 0 Å². The van der Waals surface area contributed by atoms with Gasteiger partial charge in [-0.25, -0.2) is 0 Å². The Balaban J connectivity index is 1.39. The molecule has 0 spiro atoms. The van der Waals surface area contributed by atoms with E-state index in [1.807, 2.05) is 24.3 Å². The van der Waals surface area contributed by atoms with Crippen molar-refractivity contribution in [2.45, 2.75) is 31.2 Å². The number of nitrogens with one attached hydrogen (secondary N) is 1. The van der Waals surface area contributed by atoms with E-state index in [2.05, 4.69) is 17.4 Å². The normalized spacial score (nSPS) is 22.2. The standard InChI is InChI=1S/C16H18ClNO/c17-14-5-3-12(4-6-14)13-10-15(11-13)18-8-7-16-2-1-9-19-16/h1-6,9,13,15,18H,7-8,10-11H2. The highest BCUT2D eigenvalue weighted by Gasteiger charge is 2.29. The SMILES string of the molecule is Clc1ccc(C2CC(NCCc3ccco3)C2)cc1. The zero-order valence-corrected chi connectivity index (χ0v) is 11.6. The minimum atomic E-state index is 0.649. The molecule has 1 aromatic heterocycles. The zero-order chi connectivity index (χ0) is 13.1. The first-order valence-corrected chi connectivity index (χ1v) is 7.20. The Kier molecular flexibility index (Phi) is 3.90. The smallest absolute Gasteiger partial charge is 0.105 e. The monoisotopic (exact) mass is 275 g/mol. The van der Waals surface area contributed by atoms with Gasteiger partial charge >= 0.3 is 0 Å². The Morgan fingerprint density at radius 2 is 1.95 bits per heavy atom. The van der Waals surface area contributed by atoms with E-state index in [-0.39, 0.29) is 0 Å². The van der Waals surface area contributed by atoms with Crippen molar-refractivity contribution in [3.8, 4) is 0 Å². The molecule has 3 rings (SSSR count). The molecule has 0 unspecified atom stereocenters. The Hall–Kier alpha value is -1.25. The van der Waals surface area contributed by atoms with Gasteiger partial charge in [-0.05, 0) is 48.6 Å². The molecule has 2 aromatic rings. The Morgan fingerprint density at radius 3 is 2.63 bits per heavy atom. The second-order valence-corrected chi connectivity index (χ2v) is 5.64. The quantitative estimate of drug-likeness (QED) is 0.892. The molecule has 1 fully saturated rings. The van der Waals surface area contributed by atoms with E-state index in [0.717, 1.165) is 23.7 Å². The first kappa shape index (κ1) is 12.8. The summed E-state index contributed by atoms with van der Waals surface area (Å²) in [7, 11) is 0. The minimum Gasteiger partial charge on any atom is -0.469 e. The predicted molar refractivity (Wildman–Crippen MR) is 77.6 cm³/mol. The third kappa shape index (κ3) is 3.20. The van der Waals surface area contributed by atoms with Gasteiger partial charge in [0, 0.05) is 24.0 Å². The molecule has 0 atom stereocenters. The van der Waals surface area contributed by atoms with E-state index in [1.54, 1.807) is 6.26 Å². The summed E-state index contributed by atoms with van der Waals surface area (Å²) in [6.45, 7) is 0.992. The largest absolute Gasteiger partial charge is 0.469 e. The van der Waals surface area contributed by atoms with Gasteiger partial charge in [-0.1, -0.05) is 23.7 Å². The maximum atomic E-state index is 5.90. The zero-order valence-electron chi connectivity index (χ0n) is 10.8. The predicted octanol–water partition coefficient (Wildman–Crippen LogP) is 4.01. The molecule has 1 aromatic carbocycles. The van der Waals surface area contributed by atoms with Gasteiger partial charge in [-0.3, -0.25) is 0 Å². The van der Waals surface area contributed by atoms with Crippen LogP contribution >= 0.6 is 11.6 Å². The molecule has 0 radical (unpaired) electrons. The summed E-state index contributed by atoms with van der Waals surface area (Å²) >= 11 is 5.90. The molecule has 3 heteroatoms. The van der Waals surface area contributed by atoms with E-state index in [0.29, 0.717) is 12.0 Å². The lowest BCUT2D eigenvalue weighted by Crippen LogP contribution is -2.40. The van der Waals surface area contributed by atoms with E-state index in [4.69, 9.17) is 16.0 Å². The van der Waals surface area contributed by atoms with Crippen molar-refractivity contribution in [3.63, 3.8) is 0 Å². The average Bonchev–Trinajstić information content (AvgIpc) is 2.87. The number of halogens is 1. The van der Waals surface area contributed by atoms with Crippen LogP contribution in [0, 0.1) is 0 Å². The topological polar surface area (TPSA) is 25.2 Å². The fourth-order valence-corrected chi connectivity index (χ4v) is 2.77. The lowest BCUT2D eigenvalue weighted by molar-refractivity contribution is 0.290. The molecular formula is C16H18ClNO. The summed E-state index contributed by atoms with van der Waals surface area (Å²) in [4.78, 5) is 0. The number of hydrogen-bond acceptors (Lipinski definition) is 2. The van der Waals surface area contributed by atoms with E-state index in [1.165, 1.54) is 18.4 Å². The molecule has 19 heavy (non-hydrogen) atoms. The lowest BCUT2D eigenvalue weighted by atomic mass is 9.76. The first-order valence-electron chi connectivity index (χ1n) is 6.82. The number of rotatable bonds is 5. The maximum Gasteiger partial charge on any atom is 0.105 e. The van der Waals surface area contributed by atoms with E-state index < -0.39 is 0 Å². The third-order valence-corrected chi connectivity index (χ3v) is 4.12. The van der Waals surface area contributed by atoms with Gasteiger partial charge in [-0.15, -0.1) is 0 Å². The van der Waals surface area contributed by atoms with Crippen molar-refractivity contribution in [2.75, 3.05) is 6.54 Å². The number of hydrogen-bond donors (Lipinski definition) is 1. The van der Waals surface area contributed by atoms with Gasteiger partial charge in [-0.2, -0.15) is 0 Å². The van der Waals surface area contributed by atoms with E-state index >= 15 is 0 Å². The van der Waals surface area contributed by atoms with Crippen molar-refractivity contribution >= 4 is 11.6 Å².